The first kappa shape index (κ1) is 15.7. The molecule has 26 heavy (non-hydrogen) atoms. The standard InChI is InChI=1S/C20H15N3O3/c21-15-10-11-16(26-12-6-2-1-3-7-12)18(17(15)22)23-19(24)13-8-4-5-9-14(13)20(23)25/h1-11H,21-22H2. The van der Waals surface area contributed by atoms with Gasteiger partial charge in [-0.2, -0.15) is 0 Å². The van der Waals surface area contributed by atoms with Gasteiger partial charge in [-0.15, -0.1) is 0 Å². The van der Waals surface area contributed by atoms with Crippen LogP contribution in [-0.2, 0) is 0 Å². The van der Waals surface area contributed by atoms with Gasteiger partial charge in [0.15, 0.2) is 5.75 Å². The van der Waals surface area contributed by atoms with Crippen molar-refractivity contribution < 1.29 is 14.3 Å². The van der Waals surface area contributed by atoms with Gasteiger partial charge >= 0.3 is 0 Å². The zero-order valence-corrected chi connectivity index (χ0v) is 13.7. The number of benzene rings is 3. The second-order valence-electron chi connectivity index (χ2n) is 5.82. The predicted octanol–water partition coefficient (Wildman–Crippen LogP) is 3.44. The number of carbonyl (C=O) groups is 2. The number of nitrogens with two attached hydrogens (primary N) is 2. The Hall–Kier alpha value is -3.80. The molecule has 0 fully saturated rings. The SMILES string of the molecule is Nc1ccc(Oc2ccccc2)c(N2C(=O)c3ccccc3C2=O)c1N. The van der Waals surface area contributed by atoms with Crippen LogP contribution in [0.2, 0.25) is 0 Å². The summed E-state index contributed by atoms with van der Waals surface area (Å²) < 4.78 is 5.87. The number of para-hydroxylation sites is 1. The normalized spacial score (nSPS) is 13.0. The van der Waals surface area contributed by atoms with E-state index in [1.54, 1.807) is 48.5 Å². The molecule has 0 unspecified atom stereocenters. The minimum absolute atomic E-state index is 0.118. The van der Waals surface area contributed by atoms with Crippen molar-refractivity contribution in [3.8, 4) is 11.5 Å². The topological polar surface area (TPSA) is 98.6 Å². The minimum atomic E-state index is -0.458. The molecule has 3 aromatic carbocycles. The second kappa shape index (κ2) is 5.93. The molecular formula is C20H15N3O3. The maximum Gasteiger partial charge on any atom is 0.266 e. The molecule has 1 aliphatic rings. The van der Waals surface area contributed by atoms with Crippen LogP contribution >= 0.6 is 0 Å². The summed E-state index contributed by atoms with van der Waals surface area (Å²) in [5, 5.41) is 0. The fourth-order valence-corrected chi connectivity index (χ4v) is 2.92. The lowest BCUT2D eigenvalue weighted by atomic mass is 10.1. The maximum absolute atomic E-state index is 12.8. The number of hydrogen-bond acceptors (Lipinski definition) is 5. The molecule has 4 N–H and O–H groups in total. The molecule has 0 aliphatic carbocycles. The molecule has 0 radical (unpaired) electrons. The summed E-state index contributed by atoms with van der Waals surface area (Å²) in [5.74, 6) is -0.0893. The van der Waals surface area contributed by atoms with E-state index in [1.807, 2.05) is 18.2 Å². The number of nitrogen functional groups attached to an aromatic ring is 2. The number of nitrogens with zero attached hydrogens (tertiary/aromatic N) is 1. The number of rotatable bonds is 3. The molecule has 3 aromatic rings. The van der Waals surface area contributed by atoms with E-state index in [0.717, 1.165) is 4.90 Å². The monoisotopic (exact) mass is 345 g/mol. The van der Waals surface area contributed by atoms with Crippen LogP contribution in [0.5, 0.6) is 11.5 Å². The van der Waals surface area contributed by atoms with Crippen LogP contribution in [0.3, 0.4) is 0 Å². The lowest BCUT2D eigenvalue weighted by molar-refractivity contribution is 0.0925. The molecule has 6 nitrogen and oxygen atoms in total. The molecule has 1 aliphatic heterocycles. The number of ether oxygens (including phenoxy) is 1. The third kappa shape index (κ3) is 2.36. The maximum atomic E-state index is 12.8. The highest BCUT2D eigenvalue weighted by atomic mass is 16.5. The third-order valence-corrected chi connectivity index (χ3v) is 4.20. The molecule has 0 atom stereocenters. The number of imide groups is 1. The first-order valence-electron chi connectivity index (χ1n) is 7.96. The second-order valence-corrected chi connectivity index (χ2v) is 5.82. The Kier molecular flexibility index (Phi) is 3.58. The average Bonchev–Trinajstić information content (AvgIpc) is 2.91. The predicted molar refractivity (Wildman–Crippen MR) is 99.4 cm³/mol. The smallest absolute Gasteiger partial charge is 0.266 e. The Labute approximate surface area is 149 Å². The van der Waals surface area contributed by atoms with E-state index in [0.29, 0.717) is 16.9 Å². The molecule has 0 saturated heterocycles. The third-order valence-electron chi connectivity index (χ3n) is 4.20. The summed E-state index contributed by atoms with van der Waals surface area (Å²) in [6.45, 7) is 0. The largest absolute Gasteiger partial charge is 0.455 e. The van der Waals surface area contributed by atoms with E-state index in [1.165, 1.54) is 0 Å². The van der Waals surface area contributed by atoms with Gasteiger partial charge in [-0.3, -0.25) is 9.59 Å². The number of anilines is 3. The Morgan fingerprint density at radius 3 is 1.92 bits per heavy atom. The van der Waals surface area contributed by atoms with Crippen LogP contribution in [0.25, 0.3) is 0 Å². The van der Waals surface area contributed by atoms with Gasteiger partial charge in [-0.05, 0) is 36.4 Å². The number of hydrogen-bond donors (Lipinski definition) is 2. The van der Waals surface area contributed by atoms with Gasteiger partial charge in [-0.25, -0.2) is 4.90 Å². The van der Waals surface area contributed by atoms with E-state index in [2.05, 4.69) is 0 Å². The van der Waals surface area contributed by atoms with Crippen LogP contribution in [0.15, 0.2) is 66.7 Å². The molecule has 6 heteroatoms. The minimum Gasteiger partial charge on any atom is -0.455 e. The van der Waals surface area contributed by atoms with Crippen molar-refractivity contribution in [3.05, 3.63) is 77.9 Å². The Morgan fingerprint density at radius 2 is 1.31 bits per heavy atom. The van der Waals surface area contributed by atoms with E-state index in [9.17, 15) is 9.59 Å². The zero-order valence-electron chi connectivity index (χ0n) is 13.7. The first-order chi connectivity index (χ1) is 12.6. The Morgan fingerprint density at radius 1 is 0.731 bits per heavy atom. The number of carbonyl (C=O) groups excluding carboxylic acids is 2. The quantitative estimate of drug-likeness (QED) is 0.559. The van der Waals surface area contributed by atoms with Crippen molar-refractivity contribution in [2.75, 3.05) is 16.4 Å². The molecule has 128 valence electrons. The molecule has 0 saturated carbocycles. The van der Waals surface area contributed by atoms with Crippen LogP contribution in [-0.4, -0.2) is 11.8 Å². The van der Waals surface area contributed by atoms with E-state index in [4.69, 9.17) is 16.2 Å². The fraction of sp³-hybridized carbons (Fsp3) is 0. The summed E-state index contributed by atoms with van der Waals surface area (Å²) in [6, 6.07) is 18.8. The Bertz CT molecular complexity index is 997. The molecular weight excluding hydrogens is 330 g/mol. The number of fused-ring (bicyclic) bond motifs is 1. The van der Waals surface area contributed by atoms with Gasteiger partial charge in [-0.1, -0.05) is 30.3 Å². The van der Waals surface area contributed by atoms with Crippen molar-refractivity contribution in [1.82, 2.24) is 0 Å². The molecule has 0 spiro atoms. The highest BCUT2D eigenvalue weighted by Crippen LogP contribution is 2.43. The van der Waals surface area contributed by atoms with Gasteiger partial charge in [0.1, 0.15) is 11.4 Å². The molecule has 0 aromatic heterocycles. The lowest BCUT2D eigenvalue weighted by Gasteiger charge is -2.21. The first-order valence-corrected chi connectivity index (χ1v) is 7.96. The highest BCUT2D eigenvalue weighted by Gasteiger charge is 2.39. The van der Waals surface area contributed by atoms with Gasteiger partial charge < -0.3 is 16.2 Å². The summed E-state index contributed by atoms with van der Waals surface area (Å²) in [6.07, 6.45) is 0. The van der Waals surface area contributed by atoms with Crippen molar-refractivity contribution >= 4 is 28.9 Å². The van der Waals surface area contributed by atoms with Gasteiger partial charge in [0.25, 0.3) is 11.8 Å². The summed E-state index contributed by atoms with van der Waals surface area (Å²) in [4.78, 5) is 26.7. The molecule has 0 bridgehead atoms. The van der Waals surface area contributed by atoms with Gasteiger partial charge in [0.2, 0.25) is 0 Å². The van der Waals surface area contributed by atoms with Crippen molar-refractivity contribution in [2.24, 2.45) is 0 Å². The van der Waals surface area contributed by atoms with Gasteiger partial charge in [0.05, 0.1) is 22.5 Å². The van der Waals surface area contributed by atoms with E-state index in [-0.39, 0.29) is 22.8 Å². The van der Waals surface area contributed by atoms with E-state index >= 15 is 0 Å². The van der Waals surface area contributed by atoms with Crippen LogP contribution in [0.4, 0.5) is 17.1 Å². The zero-order chi connectivity index (χ0) is 18.3. The van der Waals surface area contributed by atoms with Crippen molar-refractivity contribution in [2.45, 2.75) is 0 Å². The van der Waals surface area contributed by atoms with Crippen molar-refractivity contribution in [1.29, 1.82) is 0 Å². The Balaban J connectivity index is 1.85. The summed E-state index contributed by atoms with van der Waals surface area (Å²) in [5.41, 5.74) is 13.2. The van der Waals surface area contributed by atoms with Gasteiger partial charge in [0, 0.05) is 0 Å². The van der Waals surface area contributed by atoms with Crippen LogP contribution in [0.1, 0.15) is 20.7 Å². The van der Waals surface area contributed by atoms with Crippen LogP contribution < -0.4 is 21.1 Å². The summed E-state index contributed by atoms with van der Waals surface area (Å²) >= 11 is 0. The molecule has 4 rings (SSSR count). The van der Waals surface area contributed by atoms with E-state index < -0.39 is 11.8 Å². The highest BCUT2D eigenvalue weighted by molar-refractivity contribution is 6.35. The summed E-state index contributed by atoms with van der Waals surface area (Å²) in [7, 11) is 0. The number of amides is 2. The molecule has 2 amide bonds. The average molecular weight is 345 g/mol. The fourth-order valence-electron chi connectivity index (χ4n) is 2.92. The molecule has 1 heterocycles. The van der Waals surface area contributed by atoms with Crippen molar-refractivity contribution in [3.63, 3.8) is 0 Å². The lowest BCUT2D eigenvalue weighted by Crippen LogP contribution is -2.30. The van der Waals surface area contributed by atoms with Crippen LogP contribution in [0, 0.1) is 0 Å².